The molecule has 0 unspecified atom stereocenters. The summed E-state index contributed by atoms with van der Waals surface area (Å²) in [5.41, 5.74) is 2.66. The van der Waals surface area contributed by atoms with E-state index in [2.05, 4.69) is 4.90 Å². The minimum absolute atomic E-state index is 0.213. The predicted octanol–water partition coefficient (Wildman–Crippen LogP) is 0.356. The fraction of sp³-hybridized carbons (Fsp3) is 0.458. The van der Waals surface area contributed by atoms with Crippen molar-refractivity contribution in [1.29, 1.82) is 0 Å². The van der Waals surface area contributed by atoms with Gasteiger partial charge in [-0.3, -0.25) is 14.4 Å². The number of piperazine rings is 1. The van der Waals surface area contributed by atoms with Crippen molar-refractivity contribution in [2.45, 2.75) is 25.9 Å². The summed E-state index contributed by atoms with van der Waals surface area (Å²) in [6, 6.07) is 9.91. The van der Waals surface area contributed by atoms with Crippen LogP contribution in [0, 0.1) is 0 Å². The van der Waals surface area contributed by atoms with Crippen LogP contribution in [0.4, 0.5) is 0 Å². The molecule has 0 radical (unpaired) electrons. The number of fused-ring (bicyclic) bond motifs is 1. The molecule has 1 aromatic carbocycles. The van der Waals surface area contributed by atoms with Gasteiger partial charge in [-0.15, -0.1) is 0 Å². The molecule has 32 heavy (non-hydrogen) atoms. The molecule has 2 aromatic rings. The molecular weight excluding hydrogens is 408 g/mol. The standard InChI is InChI=1S/C24H30N4O4/c1-25-11-13-26(14-12-25)23(31)22-20-8-10-27(21(30)17-29)15-19(20)16-28(24(22)32)9-7-18-5-3-2-4-6-18/h2-6,16,29H,7-15,17H2,1H3. The Kier molecular flexibility index (Phi) is 6.72. The third kappa shape index (κ3) is 4.61. The lowest BCUT2D eigenvalue weighted by Gasteiger charge is -2.34. The van der Waals surface area contributed by atoms with Gasteiger partial charge in [0.1, 0.15) is 12.2 Å². The lowest BCUT2D eigenvalue weighted by atomic mass is 9.95. The van der Waals surface area contributed by atoms with Crippen molar-refractivity contribution < 1.29 is 14.7 Å². The van der Waals surface area contributed by atoms with Crippen molar-refractivity contribution in [2.24, 2.45) is 0 Å². The second kappa shape index (κ2) is 9.67. The maximum Gasteiger partial charge on any atom is 0.263 e. The van der Waals surface area contributed by atoms with E-state index in [-0.39, 0.29) is 22.9 Å². The molecule has 8 nitrogen and oxygen atoms in total. The SMILES string of the molecule is CN1CCN(C(=O)c2c3c(cn(CCc4ccccc4)c2=O)CN(C(=O)CO)CC3)CC1. The first kappa shape index (κ1) is 22.2. The molecule has 4 rings (SSSR count). The number of aromatic nitrogens is 1. The second-order valence-electron chi connectivity index (χ2n) is 8.56. The highest BCUT2D eigenvalue weighted by molar-refractivity contribution is 5.96. The molecule has 1 N–H and O–H groups in total. The zero-order valence-corrected chi connectivity index (χ0v) is 18.5. The second-order valence-corrected chi connectivity index (χ2v) is 8.56. The number of rotatable bonds is 5. The Balaban J connectivity index is 1.69. The Labute approximate surface area is 187 Å². The van der Waals surface area contributed by atoms with Gasteiger partial charge in [-0.1, -0.05) is 30.3 Å². The average molecular weight is 439 g/mol. The molecule has 1 fully saturated rings. The topological polar surface area (TPSA) is 86.1 Å². The van der Waals surface area contributed by atoms with Crippen molar-refractivity contribution in [3.63, 3.8) is 0 Å². The van der Waals surface area contributed by atoms with Crippen LogP contribution >= 0.6 is 0 Å². The van der Waals surface area contributed by atoms with Crippen molar-refractivity contribution >= 4 is 11.8 Å². The first-order valence-corrected chi connectivity index (χ1v) is 11.1. The van der Waals surface area contributed by atoms with Crippen LogP contribution < -0.4 is 5.56 Å². The van der Waals surface area contributed by atoms with Gasteiger partial charge in [-0.2, -0.15) is 0 Å². The maximum absolute atomic E-state index is 13.5. The summed E-state index contributed by atoms with van der Waals surface area (Å²) in [4.78, 5) is 44.5. The molecule has 1 saturated heterocycles. The van der Waals surface area contributed by atoms with Gasteiger partial charge in [0.05, 0.1) is 0 Å². The lowest BCUT2D eigenvalue weighted by molar-refractivity contribution is -0.135. The fourth-order valence-electron chi connectivity index (χ4n) is 4.47. The molecule has 2 amide bonds. The predicted molar refractivity (Wildman–Crippen MR) is 120 cm³/mol. The van der Waals surface area contributed by atoms with E-state index in [0.717, 1.165) is 29.8 Å². The summed E-state index contributed by atoms with van der Waals surface area (Å²) < 4.78 is 1.61. The van der Waals surface area contributed by atoms with Crippen LogP contribution in [0.2, 0.25) is 0 Å². The van der Waals surface area contributed by atoms with Gasteiger partial charge in [0.2, 0.25) is 5.91 Å². The molecule has 2 aliphatic heterocycles. The van der Waals surface area contributed by atoms with Gasteiger partial charge in [0.25, 0.3) is 11.5 Å². The Hall–Kier alpha value is -2.97. The molecule has 8 heteroatoms. The number of carbonyl (C=O) groups is 2. The van der Waals surface area contributed by atoms with Crippen LogP contribution in [0.5, 0.6) is 0 Å². The van der Waals surface area contributed by atoms with E-state index in [9.17, 15) is 19.5 Å². The third-order valence-corrected chi connectivity index (χ3v) is 6.45. The number of hydrogen-bond donors (Lipinski definition) is 1. The van der Waals surface area contributed by atoms with Crippen LogP contribution in [-0.4, -0.2) is 82.6 Å². The largest absolute Gasteiger partial charge is 0.387 e. The minimum Gasteiger partial charge on any atom is -0.387 e. The molecular formula is C24H30N4O4. The highest BCUT2D eigenvalue weighted by Gasteiger charge is 2.31. The van der Waals surface area contributed by atoms with Crippen molar-refractivity contribution in [1.82, 2.24) is 19.3 Å². The van der Waals surface area contributed by atoms with E-state index in [1.54, 1.807) is 20.6 Å². The van der Waals surface area contributed by atoms with Crippen LogP contribution in [-0.2, 0) is 30.7 Å². The molecule has 0 aliphatic carbocycles. The van der Waals surface area contributed by atoms with Crippen molar-refractivity contribution in [3.05, 3.63) is 69.1 Å². The van der Waals surface area contributed by atoms with Crippen molar-refractivity contribution in [3.8, 4) is 0 Å². The number of likely N-dealkylation sites (N-methyl/N-ethyl adjacent to an activating group) is 1. The summed E-state index contributed by atoms with van der Waals surface area (Å²) in [6.07, 6.45) is 2.89. The smallest absolute Gasteiger partial charge is 0.263 e. The summed E-state index contributed by atoms with van der Waals surface area (Å²) in [7, 11) is 2.02. The number of aliphatic hydroxyl groups is 1. The van der Waals surface area contributed by atoms with Crippen molar-refractivity contribution in [2.75, 3.05) is 46.4 Å². The van der Waals surface area contributed by atoms with E-state index in [1.165, 1.54) is 0 Å². The van der Waals surface area contributed by atoms with Gasteiger partial charge >= 0.3 is 0 Å². The Bertz CT molecular complexity index is 1040. The normalized spacial score (nSPS) is 16.7. The lowest BCUT2D eigenvalue weighted by Crippen LogP contribution is -2.49. The van der Waals surface area contributed by atoms with Gasteiger partial charge in [-0.05, 0) is 36.6 Å². The number of benzene rings is 1. The average Bonchev–Trinajstić information content (AvgIpc) is 2.82. The Morgan fingerprint density at radius 1 is 1.00 bits per heavy atom. The molecule has 0 spiro atoms. The quantitative estimate of drug-likeness (QED) is 0.729. The summed E-state index contributed by atoms with van der Waals surface area (Å²) in [6.45, 7) is 3.34. The van der Waals surface area contributed by atoms with Gasteiger partial charge in [-0.25, -0.2) is 0 Å². The summed E-state index contributed by atoms with van der Waals surface area (Å²) in [5.74, 6) is -0.556. The number of nitrogens with zero attached hydrogens (tertiary/aromatic N) is 4. The van der Waals surface area contributed by atoms with Crippen LogP contribution in [0.15, 0.2) is 41.3 Å². The fourth-order valence-corrected chi connectivity index (χ4v) is 4.47. The molecule has 0 bridgehead atoms. The van der Waals surface area contributed by atoms with E-state index in [0.29, 0.717) is 45.6 Å². The first-order chi connectivity index (χ1) is 15.5. The van der Waals surface area contributed by atoms with E-state index in [1.807, 2.05) is 37.4 Å². The highest BCUT2D eigenvalue weighted by atomic mass is 16.3. The molecule has 0 saturated carbocycles. The maximum atomic E-state index is 13.5. The van der Waals surface area contributed by atoms with Crippen LogP contribution in [0.1, 0.15) is 27.0 Å². The molecule has 170 valence electrons. The van der Waals surface area contributed by atoms with Gasteiger partial charge < -0.3 is 24.4 Å². The molecule has 2 aliphatic rings. The third-order valence-electron chi connectivity index (χ3n) is 6.45. The number of hydrogen-bond acceptors (Lipinski definition) is 5. The number of pyridine rings is 1. The van der Waals surface area contributed by atoms with E-state index < -0.39 is 6.61 Å². The highest BCUT2D eigenvalue weighted by Crippen LogP contribution is 2.22. The number of amides is 2. The first-order valence-electron chi connectivity index (χ1n) is 11.1. The molecule has 1 aromatic heterocycles. The zero-order valence-electron chi connectivity index (χ0n) is 18.5. The summed E-state index contributed by atoms with van der Waals surface area (Å²) in [5, 5.41) is 9.27. The minimum atomic E-state index is -0.546. The zero-order chi connectivity index (χ0) is 22.7. The number of carbonyl (C=O) groups excluding carboxylic acids is 2. The Morgan fingerprint density at radius 3 is 2.41 bits per heavy atom. The molecule has 0 atom stereocenters. The number of aliphatic hydroxyl groups excluding tert-OH is 1. The van der Waals surface area contributed by atoms with Gasteiger partial charge in [0.15, 0.2) is 0 Å². The molecule has 3 heterocycles. The van der Waals surface area contributed by atoms with E-state index in [4.69, 9.17) is 0 Å². The van der Waals surface area contributed by atoms with E-state index >= 15 is 0 Å². The monoisotopic (exact) mass is 438 g/mol. The van der Waals surface area contributed by atoms with Crippen LogP contribution in [0.25, 0.3) is 0 Å². The number of aryl methyl sites for hydroxylation is 2. The van der Waals surface area contributed by atoms with Crippen LogP contribution in [0.3, 0.4) is 0 Å². The summed E-state index contributed by atoms with van der Waals surface area (Å²) >= 11 is 0. The Morgan fingerprint density at radius 2 is 1.72 bits per heavy atom. The van der Waals surface area contributed by atoms with Gasteiger partial charge in [0, 0.05) is 52.0 Å².